The number of carbonyl (C=O) groups is 1. The fourth-order valence-corrected chi connectivity index (χ4v) is 5.27. The second-order valence-electron chi connectivity index (χ2n) is 7.58. The topological polar surface area (TPSA) is 56.3 Å². The van der Waals surface area contributed by atoms with Crippen LogP contribution in [-0.2, 0) is 0 Å². The van der Waals surface area contributed by atoms with Gasteiger partial charge < -0.3 is 10.1 Å². The van der Waals surface area contributed by atoms with Gasteiger partial charge >= 0.3 is 5.97 Å². The zero-order valence-electron chi connectivity index (χ0n) is 14.6. The lowest BCUT2D eigenvalue weighted by Gasteiger charge is -2.34. The van der Waals surface area contributed by atoms with Gasteiger partial charge in [-0.1, -0.05) is 13.0 Å². The van der Waals surface area contributed by atoms with Crippen LogP contribution in [-0.4, -0.2) is 39.6 Å². The van der Waals surface area contributed by atoms with Gasteiger partial charge in [-0.05, 0) is 75.7 Å². The molecule has 1 aromatic carbocycles. The fraction of sp³-hybridized carbons (Fsp3) is 0.550. The van der Waals surface area contributed by atoms with Crippen molar-refractivity contribution in [3.63, 3.8) is 0 Å². The Bertz CT molecular complexity index is 794. The van der Waals surface area contributed by atoms with Gasteiger partial charge in [0.1, 0.15) is 0 Å². The molecule has 1 saturated carbocycles. The first-order chi connectivity index (χ1) is 11.5. The van der Waals surface area contributed by atoms with E-state index >= 15 is 0 Å². The minimum Gasteiger partial charge on any atom is -0.478 e. The van der Waals surface area contributed by atoms with Gasteiger partial charge in [-0.25, -0.2) is 4.79 Å². The molecule has 0 radical (unpaired) electrons. The zero-order valence-corrected chi connectivity index (χ0v) is 14.6. The van der Waals surface area contributed by atoms with Gasteiger partial charge in [-0.3, -0.25) is 4.90 Å². The molecule has 4 nitrogen and oxygen atoms in total. The third-order valence-electron chi connectivity index (χ3n) is 6.40. The van der Waals surface area contributed by atoms with Gasteiger partial charge in [0, 0.05) is 22.1 Å². The van der Waals surface area contributed by atoms with E-state index in [1.54, 1.807) is 0 Å². The molecule has 1 aliphatic heterocycles. The first-order valence-electron chi connectivity index (χ1n) is 9.14. The van der Waals surface area contributed by atoms with Crippen LogP contribution in [0.3, 0.4) is 0 Å². The van der Waals surface area contributed by atoms with E-state index in [0.29, 0.717) is 17.0 Å². The normalized spacial score (nSPS) is 27.5. The van der Waals surface area contributed by atoms with Gasteiger partial charge in [-0.15, -0.1) is 0 Å². The summed E-state index contributed by atoms with van der Waals surface area (Å²) in [6.07, 6.45) is 6.36. The van der Waals surface area contributed by atoms with Crippen LogP contribution in [0.1, 0.15) is 66.6 Å². The minimum absolute atomic E-state index is 0.401. The van der Waals surface area contributed by atoms with Crippen molar-refractivity contribution < 1.29 is 9.90 Å². The van der Waals surface area contributed by atoms with E-state index in [0.717, 1.165) is 23.1 Å². The van der Waals surface area contributed by atoms with Gasteiger partial charge in [0.05, 0.1) is 5.56 Å². The van der Waals surface area contributed by atoms with Crippen LogP contribution in [0.4, 0.5) is 0 Å². The summed E-state index contributed by atoms with van der Waals surface area (Å²) in [4.78, 5) is 17.5. The monoisotopic (exact) mass is 326 g/mol. The quantitative estimate of drug-likeness (QED) is 0.884. The van der Waals surface area contributed by atoms with E-state index in [1.807, 2.05) is 6.92 Å². The van der Waals surface area contributed by atoms with Crippen molar-refractivity contribution in [1.29, 1.82) is 0 Å². The van der Waals surface area contributed by atoms with Crippen LogP contribution in [0.25, 0.3) is 10.9 Å². The summed E-state index contributed by atoms with van der Waals surface area (Å²) >= 11 is 0. The first-order valence-corrected chi connectivity index (χ1v) is 9.14. The lowest BCUT2D eigenvalue weighted by atomic mass is 9.89. The Labute approximate surface area is 142 Å². The maximum absolute atomic E-state index is 11.6. The Balaban J connectivity index is 1.68. The molecule has 2 aliphatic rings. The van der Waals surface area contributed by atoms with E-state index in [-0.39, 0.29) is 0 Å². The maximum Gasteiger partial charge on any atom is 0.338 e. The van der Waals surface area contributed by atoms with Crippen LogP contribution >= 0.6 is 0 Å². The SMILES string of the molecule is CCN1CCCC12CCC(c1ccc3[nH]c(C)c(C(=O)O)c3c1)C2. The van der Waals surface area contributed by atoms with Gasteiger partial charge in [0.2, 0.25) is 0 Å². The lowest BCUT2D eigenvalue weighted by molar-refractivity contribution is 0.0698. The molecule has 2 fully saturated rings. The fourth-order valence-electron chi connectivity index (χ4n) is 5.27. The van der Waals surface area contributed by atoms with E-state index in [4.69, 9.17) is 0 Å². The van der Waals surface area contributed by atoms with Gasteiger partial charge in [0.15, 0.2) is 0 Å². The number of hydrogen-bond donors (Lipinski definition) is 2. The van der Waals surface area contributed by atoms with Crippen molar-refractivity contribution in [1.82, 2.24) is 9.88 Å². The molecule has 4 rings (SSSR count). The molecule has 1 saturated heterocycles. The number of nitrogens with one attached hydrogen (secondary N) is 1. The predicted octanol–water partition coefficient (Wildman–Crippen LogP) is 4.30. The average Bonchev–Trinajstić information content (AvgIpc) is 3.23. The summed E-state index contributed by atoms with van der Waals surface area (Å²) in [6, 6.07) is 6.37. The van der Waals surface area contributed by atoms with E-state index in [1.165, 1.54) is 44.2 Å². The first kappa shape index (κ1) is 15.7. The van der Waals surface area contributed by atoms with Crippen molar-refractivity contribution in [3.05, 3.63) is 35.0 Å². The average molecular weight is 326 g/mol. The maximum atomic E-state index is 11.6. The second kappa shape index (κ2) is 5.62. The number of carboxylic acids is 1. The van der Waals surface area contributed by atoms with Crippen LogP contribution in [0.15, 0.2) is 18.2 Å². The van der Waals surface area contributed by atoms with Crippen molar-refractivity contribution in [2.24, 2.45) is 0 Å². The molecule has 4 heteroatoms. The summed E-state index contributed by atoms with van der Waals surface area (Å²) < 4.78 is 0. The Morgan fingerprint density at radius 2 is 2.25 bits per heavy atom. The highest BCUT2D eigenvalue weighted by molar-refractivity contribution is 6.04. The summed E-state index contributed by atoms with van der Waals surface area (Å²) in [5.41, 5.74) is 3.81. The number of H-pyrrole nitrogens is 1. The molecule has 2 aromatic rings. The van der Waals surface area contributed by atoms with Crippen LogP contribution < -0.4 is 0 Å². The molecule has 1 aromatic heterocycles. The highest BCUT2D eigenvalue weighted by Crippen LogP contribution is 2.49. The number of aryl methyl sites for hydroxylation is 1. The Morgan fingerprint density at radius 1 is 1.42 bits per heavy atom. The standard InChI is InChI=1S/C20H26N2O2/c1-3-22-10-4-8-20(22)9-7-15(12-20)14-5-6-17-16(11-14)18(19(23)24)13(2)21-17/h5-6,11,15,21H,3-4,7-10,12H2,1-2H3,(H,23,24). The van der Waals surface area contributed by atoms with Gasteiger partial charge in [0.25, 0.3) is 0 Å². The van der Waals surface area contributed by atoms with Crippen LogP contribution in [0.5, 0.6) is 0 Å². The van der Waals surface area contributed by atoms with Crippen molar-refractivity contribution in [2.75, 3.05) is 13.1 Å². The molecule has 2 atom stereocenters. The summed E-state index contributed by atoms with van der Waals surface area (Å²) in [5, 5.41) is 10.4. The van der Waals surface area contributed by atoms with Crippen molar-refractivity contribution in [2.45, 2.75) is 57.4 Å². The Hall–Kier alpha value is -1.81. The number of carboxylic acid groups (broad SMARTS) is 1. The molecular formula is C20H26N2O2. The van der Waals surface area contributed by atoms with E-state index in [9.17, 15) is 9.90 Å². The number of rotatable bonds is 3. The summed E-state index contributed by atoms with van der Waals surface area (Å²) in [6.45, 7) is 6.49. The molecule has 2 heterocycles. The third kappa shape index (κ3) is 2.27. The molecule has 1 spiro atoms. The van der Waals surface area contributed by atoms with E-state index in [2.05, 4.69) is 35.0 Å². The number of likely N-dealkylation sites (tertiary alicyclic amines) is 1. The molecule has 24 heavy (non-hydrogen) atoms. The Kier molecular flexibility index (Phi) is 3.68. The highest BCUT2D eigenvalue weighted by atomic mass is 16.4. The summed E-state index contributed by atoms with van der Waals surface area (Å²) in [7, 11) is 0. The highest BCUT2D eigenvalue weighted by Gasteiger charge is 2.45. The van der Waals surface area contributed by atoms with Crippen molar-refractivity contribution in [3.8, 4) is 0 Å². The Morgan fingerprint density at radius 3 is 3.00 bits per heavy atom. The number of nitrogens with zero attached hydrogens (tertiary/aromatic N) is 1. The number of aromatic amines is 1. The predicted molar refractivity (Wildman–Crippen MR) is 95.8 cm³/mol. The van der Waals surface area contributed by atoms with E-state index < -0.39 is 5.97 Å². The molecule has 0 bridgehead atoms. The number of hydrogen-bond acceptors (Lipinski definition) is 2. The zero-order chi connectivity index (χ0) is 16.9. The summed E-state index contributed by atoms with van der Waals surface area (Å²) in [5.74, 6) is -0.287. The minimum atomic E-state index is -0.841. The molecule has 2 unspecified atom stereocenters. The molecule has 2 N–H and O–H groups in total. The molecule has 1 aliphatic carbocycles. The number of benzene rings is 1. The lowest BCUT2D eigenvalue weighted by Crippen LogP contribution is -2.41. The molecule has 0 amide bonds. The molecular weight excluding hydrogens is 300 g/mol. The third-order valence-corrected chi connectivity index (χ3v) is 6.40. The second-order valence-corrected chi connectivity index (χ2v) is 7.58. The molecule has 128 valence electrons. The largest absolute Gasteiger partial charge is 0.478 e. The number of aromatic carboxylic acids is 1. The number of aromatic nitrogens is 1. The number of fused-ring (bicyclic) bond motifs is 1. The van der Waals surface area contributed by atoms with Crippen molar-refractivity contribution >= 4 is 16.9 Å². The van der Waals surface area contributed by atoms with Gasteiger partial charge in [-0.2, -0.15) is 0 Å². The van der Waals surface area contributed by atoms with Crippen LogP contribution in [0.2, 0.25) is 0 Å². The van der Waals surface area contributed by atoms with Crippen LogP contribution in [0, 0.1) is 6.92 Å². The smallest absolute Gasteiger partial charge is 0.338 e.